The Balaban J connectivity index is 1.71. The summed E-state index contributed by atoms with van der Waals surface area (Å²) in [6.45, 7) is 2.89. The summed E-state index contributed by atoms with van der Waals surface area (Å²) in [5, 5.41) is 0.206. The lowest BCUT2D eigenvalue weighted by atomic mass is 9.81. The summed E-state index contributed by atoms with van der Waals surface area (Å²) in [5.41, 5.74) is 0.774. The van der Waals surface area contributed by atoms with Crippen molar-refractivity contribution in [3.63, 3.8) is 0 Å². The van der Waals surface area contributed by atoms with Gasteiger partial charge in [-0.2, -0.15) is 0 Å². The highest BCUT2D eigenvalue weighted by Crippen LogP contribution is 2.48. The van der Waals surface area contributed by atoms with E-state index in [1.165, 1.54) is 0 Å². The van der Waals surface area contributed by atoms with Crippen molar-refractivity contribution in [3.05, 3.63) is 41.6 Å². The Labute approximate surface area is 154 Å². The highest BCUT2D eigenvalue weighted by Gasteiger charge is 2.47. The first-order valence-electron chi connectivity index (χ1n) is 8.39. The Hall–Kier alpha value is -1.57. The molecule has 1 saturated heterocycles. The predicted molar refractivity (Wildman–Crippen MR) is 96.2 cm³/mol. The molecule has 2 aromatic rings. The molecule has 0 aromatic carbocycles. The molecule has 132 valence electrons. The van der Waals surface area contributed by atoms with Crippen molar-refractivity contribution >= 4 is 28.2 Å². The van der Waals surface area contributed by atoms with Gasteiger partial charge < -0.3 is 9.64 Å². The van der Waals surface area contributed by atoms with E-state index in [9.17, 15) is 4.21 Å². The minimum atomic E-state index is -1.20. The summed E-state index contributed by atoms with van der Waals surface area (Å²) in [5.74, 6) is 0.788. The maximum Gasteiger partial charge on any atom is 0.224 e. The number of rotatable bonds is 4. The lowest BCUT2D eigenvalue weighted by Crippen LogP contribution is -2.41. The van der Waals surface area contributed by atoms with Crippen LogP contribution in [-0.4, -0.2) is 45.5 Å². The molecular weight excluding hydrogens is 360 g/mol. The van der Waals surface area contributed by atoms with Crippen molar-refractivity contribution < 1.29 is 8.95 Å². The molecule has 2 aromatic heterocycles. The minimum Gasteiger partial charge on any atom is -0.378 e. The van der Waals surface area contributed by atoms with E-state index < -0.39 is 15.5 Å². The van der Waals surface area contributed by atoms with Gasteiger partial charge in [-0.1, -0.05) is 0 Å². The van der Waals surface area contributed by atoms with Crippen LogP contribution in [0.15, 0.2) is 35.5 Å². The highest BCUT2D eigenvalue weighted by atomic mass is 35.5. The molecule has 1 aliphatic heterocycles. The maximum absolute atomic E-state index is 13.3. The van der Waals surface area contributed by atoms with Crippen LogP contribution >= 0.6 is 11.6 Å². The van der Waals surface area contributed by atoms with Gasteiger partial charge in [-0.15, -0.1) is 0 Å². The summed E-state index contributed by atoms with van der Waals surface area (Å²) in [6, 6.07) is 5.57. The molecule has 25 heavy (non-hydrogen) atoms. The molecule has 1 atom stereocenters. The number of hydrogen-bond acceptors (Lipinski definition) is 6. The second-order valence-corrected chi connectivity index (χ2v) is 8.41. The molecule has 2 fully saturated rings. The van der Waals surface area contributed by atoms with Gasteiger partial charge in [0, 0.05) is 36.4 Å². The fourth-order valence-electron chi connectivity index (χ4n) is 3.32. The van der Waals surface area contributed by atoms with Crippen LogP contribution in [0.5, 0.6) is 0 Å². The number of halogens is 1. The van der Waals surface area contributed by atoms with Crippen LogP contribution < -0.4 is 4.90 Å². The van der Waals surface area contributed by atoms with Gasteiger partial charge in [0.1, 0.15) is 5.82 Å². The fourth-order valence-corrected chi connectivity index (χ4v) is 5.27. The molecule has 1 saturated carbocycles. The largest absolute Gasteiger partial charge is 0.378 e. The molecule has 0 amide bonds. The normalized spacial score (nSPS) is 20.8. The Morgan fingerprint density at radius 3 is 2.52 bits per heavy atom. The zero-order valence-corrected chi connectivity index (χ0v) is 15.3. The summed E-state index contributed by atoms with van der Waals surface area (Å²) in [7, 11) is -1.20. The monoisotopic (exact) mass is 378 g/mol. The number of pyridine rings is 1. The van der Waals surface area contributed by atoms with Gasteiger partial charge in [-0.25, -0.2) is 9.97 Å². The van der Waals surface area contributed by atoms with Gasteiger partial charge in [0.15, 0.2) is 0 Å². The number of morpholine rings is 1. The van der Waals surface area contributed by atoms with Crippen LogP contribution in [0.4, 0.5) is 5.82 Å². The SMILES string of the molecule is O=S(c1ccncc1)C1(c2cc(N3CCOCC3)nc(Cl)n2)CCC1. The molecule has 0 N–H and O–H groups in total. The third-order valence-corrected chi connectivity index (χ3v) is 7.06. The second kappa shape index (κ2) is 6.97. The summed E-state index contributed by atoms with van der Waals surface area (Å²) < 4.78 is 18.2. The highest BCUT2D eigenvalue weighted by molar-refractivity contribution is 7.86. The standard InChI is InChI=1S/C17H19ClN4O2S/c18-16-20-14(12-15(21-16)22-8-10-24-11-9-22)17(4-1-5-17)25(23)13-2-6-19-7-3-13/h2-3,6-7,12H,1,4-5,8-11H2. The van der Waals surface area contributed by atoms with Crippen LogP contribution in [0.1, 0.15) is 25.0 Å². The van der Waals surface area contributed by atoms with E-state index in [1.807, 2.05) is 18.2 Å². The number of hydrogen-bond donors (Lipinski definition) is 0. The zero-order chi connectivity index (χ0) is 17.3. The average molecular weight is 379 g/mol. The van der Waals surface area contributed by atoms with Crippen LogP contribution in [-0.2, 0) is 20.3 Å². The third-order valence-electron chi connectivity index (χ3n) is 4.87. The van der Waals surface area contributed by atoms with Gasteiger partial charge in [-0.3, -0.25) is 9.19 Å². The topological polar surface area (TPSA) is 68.2 Å². The molecular formula is C17H19ClN4O2S. The molecule has 0 spiro atoms. The van der Waals surface area contributed by atoms with Gasteiger partial charge in [0.25, 0.3) is 0 Å². The van der Waals surface area contributed by atoms with Gasteiger partial charge in [-0.05, 0) is 43.0 Å². The predicted octanol–water partition coefficient (Wildman–Crippen LogP) is 2.55. The fraction of sp³-hybridized carbons (Fsp3) is 0.471. The van der Waals surface area contributed by atoms with E-state index in [0.29, 0.717) is 13.2 Å². The first-order valence-corrected chi connectivity index (χ1v) is 9.91. The third kappa shape index (κ3) is 3.16. The lowest BCUT2D eigenvalue weighted by Gasteiger charge is -2.40. The molecule has 8 heteroatoms. The molecule has 0 bridgehead atoms. The van der Waals surface area contributed by atoms with Crippen molar-refractivity contribution in [2.45, 2.75) is 28.9 Å². The van der Waals surface area contributed by atoms with E-state index in [-0.39, 0.29) is 5.28 Å². The van der Waals surface area contributed by atoms with E-state index in [2.05, 4.69) is 19.9 Å². The molecule has 4 rings (SSSR count). The summed E-state index contributed by atoms with van der Waals surface area (Å²) in [6.07, 6.45) is 6.04. The Kier molecular flexibility index (Phi) is 4.71. The van der Waals surface area contributed by atoms with Crippen molar-refractivity contribution in [1.29, 1.82) is 0 Å². The minimum absolute atomic E-state index is 0.206. The zero-order valence-electron chi connectivity index (χ0n) is 13.7. The molecule has 2 aliphatic rings. The maximum atomic E-state index is 13.3. The first kappa shape index (κ1) is 16.9. The van der Waals surface area contributed by atoms with Gasteiger partial charge in [0.2, 0.25) is 5.28 Å². The van der Waals surface area contributed by atoms with E-state index in [1.54, 1.807) is 12.4 Å². The lowest BCUT2D eigenvalue weighted by molar-refractivity contribution is 0.122. The van der Waals surface area contributed by atoms with Crippen LogP contribution in [0.2, 0.25) is 5.28 Å². The molecule has 1 unspecified atom stereocenters. The smallest absolute Gasteiger partial charge is 0.224 e. The Morgan fingerprint density at radius 1 is 1.16 bits per heavy atom. The average Bonchev–Trinajstić information content (AvgIpc) is 2.62. The molecule has 3 heterocycles. The summed E-state index contributed by atoms with van der Waals surface area (Å²) in [4.78, 5) is 15.8. The van der Waals surface area contributed by atoms with E-state index in [4.69, 9.17) is 16.3 Å². The number of aromatic nitrogens is 3. The van der Waals surface area contributed by atoms with Crippen LogP contribution in [0.3, 0.4) is 0 Å². The quantitative estimate of drug-likeness (QED) is 0.761. The van der Waals surface area contributed by atoms with Crippen molar-refractivity contribution in [2.75, 3.05) is 31.2 Å². The van der Waals surface area contributed by atoms with Gasteiger partial charge >= 0.3 is 0 Å². The van der Waals surface area contributed by atoms with Gasteiger partial charge in [0.05, 0.1) is 34.5 Å². The Morgan fingerprint density at radius 2 is 1.88 bits per heavy atom. The second-order valence-electron chi connectivity index (χ2n) is 6.28. The van der Waals surface area contributed by atoms with E-state index in [0.717, 1.165) is 48.8 Å². The molecule has 6 nitrogen and oxygen atoms in total. The number of ether oxygens (including phenoxy) is 1. The van der Waals surface area contributed by atoms with E-state index >= 15 is 0 Å². The molecule has 1 aliphatic carbocycles. The van der Waals surface area contributed by atoms with Crippen LogP contribution in [0, 0.1) is 0 Å². The molecule has 0 radical (unpaired) electrons. The number of nitrogens with zero attached hydrogens (tertiary/aromatic N) is 4. The van der Waals surface area contributed by atoms with Crippen molar-refractivity contribution in [3.8, 4) is 0 Å². The van der Waals surface area contributed by atoms with Crippen molar-refractivity contribution in [1.82, 2.24) is 15.0 Å². The first-order chi connectivity index (χ1) is 12.2. The van der Waals surface area contributed by atoms with Crippen LogP contribution in [0.25, 0.3) is 0 Å². The Bertz CT molecular complexity index is 779. The number of anilines is 1. The summed E-state index contributed by atoms with van der Waals surface area (Å²) >= 11 is 6.22. The van der Waals surface area contributed by atoms with Crippen molar-refractivity contribution in [2.24, 2.45) is 0 Å².